The highest BCUT2D eigenvalue weighted by Crippen LogP contribution is 2.10. The molecule has 0 unspecified atom stereocenters. The summed E-state index contributed by atoms with van der Waals surface area (Å²) in [5.41, 5.74) is 2.45. The number of hydrogen-bond acceptors (Lipinski definition) is 2. The molecule has 1 aromatic carbocycles. The molecule has 0 bridgehead atoms. The molecule has 1 aromatic rings. The Bertz CT molecular complexity index is 370. The lowest BCUT2D eigenvalue weighted by atomic mass is 10.1. The van der Waals surface area contributed by atoms with Crippen LogP contribution in [0.2, 0.25) is 0 Å². The smallest absolute Gasteiger partial charge is 0.246 e. The number of benzene rings is 1. The van der Waals surface area contributed by atoms with E-state index in [0.29, 0.717) is 13.0 Å². The Kier molecular flexibility index (Phi) is 3.57. The molecule has 0 aromatic heterocycles. The molecule has 0 saturated carbocycles. The second-order valence-electron chi connectivity index (χ2n) is 4.17. The Labute approximate surface area is 96.0 Å². The average Bonchev–Trinajstić information content (AvgIpc) is 2.79. The Morgan fingerprint density at radius 3 is 3.06 bits per heavy atom. The number of hydroxylamine groups is 2. The van der Waals surface area contributed by atoms with E-state index in [4.69, 9.17) is 4.84 Å². The minimum Gasteiger partial charge on any atom is -0.273 e. The molecule has 2 rings (SSSR count). The van der Waals surface area contributed by atoms with Crippen molar-refractivity contribution in [3.8, 4) is 0 Å². The van der Waals surface area contributed by atoms with Gasteiger partial charge in [-0.05, 0) is 25.3 Å². The summed E-state index contributed by atoms with van der Waals surface area (Å²) in [4.78, 5) is 16.9. The first-order valence-corrected chi connectivity index (χ1v) is 5.74. The lowest BCUT2D eigenvalue weighted by molar-refractivity contribution is -0.168. The molecular formula is C13H17NO2. The predicted molar refractivity (Wildman–Crippen MR) is 61.8 cm³/mol. The third kappa shape index (κ3) is 2.83. The van der Waals surface area contributed by atoms with E-state index in [1.807, 2.05) is 6.07 Å². The zero-order valence-corrected chi connectivity index (χ0v) is 9.61. The highest BCUT2D eigenvalue weighted by molar-refractivity contribution is 5.75. The zero-order valence-electron chi connectivity index (χ0n) is 9.61. The minimum absolute atomic E-state index is 0.0963. The average molecular weight is 219 g/mol. The number of nitrogens with zero attached hydrogens (tertiary/aromatic N) is 1. The number of amides is 1. The minimum atomic E-state index is 0.0963. The van der Waals surface area contributed by atoms with E-state index in [-0.39, 0.29) is 5.91 Å². The van der Waals surface area contributed by atoms with Crippen molar-refractivity contribution in [1.82, 2.24) is 5.06 Å². The first kappa shape index (κ1) is 11.1. The predicted octanol–water partition coefficient (Wildman–Crippen LogP) is 2.09. The summed E-state index contributed by atoms with van der Waals surface area (Å²) in [7, 11) is 0. The van der Waals surface area contributed by atoms with E-state index in [1.54, 1.807) is 0 Å². The highest BCUT2D eigenvalue weighted by Gasteiger charge is 2.18. The van der Waals surface area contributed by atoms with Gasteiger partial charge >= 0.3 is 0 Å². The standard InChI is InChI=1S/C13H17NO2/c1-11-4-2-5-12(10-11)6-7-13(15)14-8-3-9-16-14/h2,4-5,10H,3,6-9H2,1H3. The van der Waals surface area contributed by atoms with Gasteiger partial charge in [-0.15, -0.1) is 0 Å². The summed E-state index contributed by atoms with van der Waals surface area (Å²) in [6, 6.07) is 8.28. The number of carbonyl (C=O) groups excluding carboxylic acids is 1. The molecule has 0 N–H and O–H groups in total. The number of rotatable bonds is 3. The van der Waals surface area contributed by atoms with Crippen LogP contribution in [0.15, 0.2) is 24.3 Å². The van der Waals surface area contributed by atoms with Crippen molar-refractivity contribution >= 4 is 5.91 Å². The third-order valence-electron chi connectivity index (χ3n) is 2.74. The van der Waals surface area contributed by atoms with Crippen LogP contribution >= 0.6 is 0 Å². The van der Waals surface area contributed by atoms with Gasteiger partial charge in [-0.2, -0.15) is 0 Å². The fraction of sp³-hybridized carbons (Fsp3) is 0.462. The maximum Gasteiger partial charge on any atom is 0.246 e. The number of carbonyl (C=O) groups is 1. The van der Waals surface area contributed by atoms with Gasteiger partial charge < -0.3 is 0 Å². The van der Waals surface area contributed by atoms with Crippen molar-refractivity contribution in [2.45, 2.75) is 26.2 Å². The molecule has 1 heterocycles. The monoisotopic (exact) mass is 219 g/mol. The topological polar surface area (TPSA) is 29.5 Å². The zero-order chi connectivity index (χ0) is 11.4. The quantitative estimate of drug-likeness (QED) is 0.779. The van der Waals surface area contributed by atoms with Crippen LogP contribution in [0.3, 0.4) is 0 Å². The summed E-state index contributed by atoms with van der Waals surface area (Å²) in [6.07, 6.45) is 2.28. The lowest BCUT2D eigenvalue weighted by Gasteiger charge is -2.13. The molecule has 0 aliphatic carbocycles. The van der Waals surface area contributed by atoms with Crippen LogP contribution in [0, 0.1) is 6.92 Å². The van der Waals surface area contributed by atoms with Crippen LogP contribution in [-0.4, -0.2) is 24.1 Å². The largest absolute Gasteiger partial charge is 0.273 e. The first-order valence-electron chi connectivity index (χ1n) is 5.74. The van der Waals surface area contributed by atoms with Crippen molar-refractivity contribution in [3.05, 3.63) is 35.4 Å². The van der Waals surface area contributed by atoms with Crippen LogP contribution < -0.4 is 0 Å². The van der Waals surface area contributed by atoms with E-state index in [0.717, 1.165) is 19.4 Å². The molecule has 86 valence electrons. The maximum atomic E-state index is 11.7. The SMILES string of the molecule is Cc1cccc(CCC(=O)N2CCCO2)c1. The highest BCUT2D eigenvalue weighted by atomic mass is 16.7. The number of hydrogen-bond donors (Lipinski definition) is 0. The van der Waals surface area contributed by atoms with Gasteiger partial charge in [0.25, 0.3) is 0 Å². The van der Waals surface area contributed by atoms with E-state index in [9.17, 15) is 4.79 Å². The summed E-state index contributed by atoms with van der Waals surface area (Å²) in [5, 5.41) is 1.50. The van der Waals surface area contributed by atoms with Gasteiger partial charge in [0.1, 0.15) is 0 Å². The molecule has 1 aliphatic heterocycles. The van der Waals surface area contributed by atoms with Crippen LogP contribution in [0.4, 0.5) is 0 Å². The summed E-state index contributed by atoms with van der Waals surface area (Å²) < 4.78 is 0. The molecule has 0 spiro atoms. The maximum absolute atomic E-state index is 11.7. The van der Waals surface area contributed by atoms with Gasteiger partial charge in [0, 0.05) is 6.42 Å². The van der Waals surface area contributed by atoms with Crippen molar-refractivity contribution in [2.75, 3.05) is 13.2 Å². The van der Waals surface area contributed by atoms with Gasteiger partial charge in [0.15, 0.2) is 0 Å². The van der Waals surface area contributed by atoms with Crippen LogP contribution in [0.5, 0.6) is 0 Å². The molecule has 1 saturated heterocycles. The fourth-order valence-electron chi connectivity index (χ4n) is 1.89. The molecule has 1 aliphatic rings. The summed E-state index contributed by atoms with van der Waals surface area (Å²) in [5.74, 6) is 0.0963. The second-order valence-corrected chi connectivity index (χ2v) is 4.17. The van der Waals surface area contributed by atoms with Crippen LogP contribution in [-0.2, 0) is 16.1 Å². The lowest BCUT2D eigenvalue weighted by Crippen LogP contribution is -2.26. The Balaban J connectivity index is 1.84. The van der Waals surface area contributed by atoms with Crippen molar-refractivity contribution < 1.29 is 9.63 Å². The summed E-state index contributed by atoms with van der Waals surface area (Å²) in [6.45, 7) is 3.48. The van der Waals surface area contributed by atoms with Crippen LogP contribution in [0.25, 0.3) is 0 Å². The van der Waals surface area contributed by atoms with Gasteiger partial charge in [-0.25, -0.2) is 5.06 Å². The third-order valence-corrected chi connectivity index (χ3v) is 2.74. The van der Waals surface area contributed by atoms with Gasteiger partial charge in [0.2, 0.25) is 5.91 Å². The van der Waals surface area contributed by atoms with E-state index >= 15 is 0 Å². The first-order chi connectivity index (χ1) is 7.75. The molecule has 16 heavy (non-hydrogen) atoms. The Morgan fingerprint density at radius 1 is 1.50 bits per heavy atom. The molecule has 0 radical (unpaired) electrons. The fourth-order valence-corrected chi connectivity index (χ4v) is 1.89. The summed E-state index contributed by atoms with van der Waals surface area (Å²) >= 11 is 0. The van der Waals surface area contributed by atoms with Gasteiger partial charge in [-0.3, -0.25) is 9.63 Å². The van der Waals surface area contributed by atoms with Gasteiger partial charge in [-0.1, -0.05) is 29.8 Å². The molecular weight excluding hydrogens is 202 g/mol. The van der Waals surface area contributed by atoms with Gasteiger partial charge in [0.05, 0.1) is 13.2 Å². The Morgan fingerprint density at radius 2 is 2.38 bits per heavy atom. The second kappa shape index (κ2) is 5.12. The van der Waals surface area contributed by atoms with E-state index < -0.39 is 0 Å². The van der Waals surface area contributed by atoms with E-state index in [1.165, 1.54) is 16.2 Å². The van der Waals surface area contributed by atoms with E-state index in [2.05, 4.69) is 25.1 Å². The van der Waals surface area contributed by atoms with Crippen LogP contribution in [0.1, 0.15) is 24.0 Å². The molecule has 0 atom stereocenters. The molecule has 3 nitrogen and oxygen atoms in total. The molecule has 1 fully saturated rings. The molecule has 3 heteroatoms. The van der Waals surface area contributed by atoms with Crippen molar-refractivity contribution in [2.24, 2.45) is 0 Å². The normalized spacial score (nSPS) is 15.4. The van der Waals surface area contributed by atoms with Crippen molar-refractivity contribution in [1.29, 1.82) is 0 Å². The van der Waals surface area contributed by atoms with Crippen molar-refractivity contribution in [3.63, 3.8) is 0 Å². The Hall–Kier alpha value is -1.35. The number of aryl methyl sites for hydroxylation is 2. The molecule has 1 amide bonds.